The van der Waals surface area contributed by atoms with Crippen molar-refractivity contribution in [2.75, 3.05) is 13.2 Å². The second-order valence-corrected chi connectivity index (χ2v) is 7.21. The lowest BCUT2D eigenvalue weighted by Crippen LogP contribution is -2.49. The molecular weight excluding hydrogens is 357 g/mol. The number of amides is 1. The fourth-order valence-electron chi connectivity index (χ4n) is 3.72. The second kappa shape index (κ2) is 8.63. The third kappa shape index (κ3) is 3.98. The van der Waals surface area contributed by atoms with Crippen molar-refractivity contribution in [2.45, 2.75) is 51.5 Å². The molecule has 1 amide bonds. The first kappa shape index (κ1) is 20.2. The summed E-state index contributed by atoms with van der Waals surface area (Å²) < 4.78 is 25.0. The van der Waals surface area contributed by atoms with Gasteiger partial charge in [-0.25, -0.2) is 4.39 Å². The highest BCUT2D eigenvalue weighted by atomic mass is 19.1. The Kier molecular flexibility index (Phi) is 6.22. The van der Waals surface area contributed by atoms with E-state index >= 15 is 0 Å². The third-order valence-corrected chi connectivity index (χ3v) is 5.43. The van der Waals surface area contributed by atoms with Crippen LogP contribution in [0.1, 0.15) is 57.2 Å². The molecule has 1 aliphatic rings. The van der Waals surface area contributed by atoms with Crippen molar-refractivity contribution in [3.05, 3.63) is 59.4 Å². The summed E-state index contributed by atoms with van der Waals surface area (Å²) in [5, 5.41) is 3.12. The number of ether oxygens (including phenoxy) is 2. The van der Waals surface area contributed by atoms with Gasteiger partial charge in [0, 0.05) is 0 Å². The number of hydrogen-bond donors (Lipinski definition) is 1. The Morgan fingerprint density at radius 1 is 1.11 bits per heavy atom. The molecule has 0 aromatic heterocycles. The molecule has 4 nitrogen and oxygen atoms in total. The smallest absolute Gasteiger partial charge is 0.231 e. The number of carbonyl (C=O) groups is 1. The van der Waals surface area contributed by atoms with Gasteiger partial charge < -0.3 is 14.8 Å². The van der Waals surface area contributed by atoms with Gasteiger partial charge in [0.25, 0.3) is 0 Å². The highest BCUT2D eigenvalue weighted by Gasteiger charge is 2.46. The molecule has 0 heterocycles. The maximum Gasteiger partial charge on any atom is 0.231 e. The SMILES string of the molecule is CCOc1ccc(C(C)NC(=O)C2(c3cccc(F)c3)CCC2)cc1OCC. The van der Waals surface area contributed by atoms with Gasteiger partial charge in [0.1, 0.15) is 5.82 Å². The van der Waals surface area contributed by atoms with Crippen molar-refractivity contribution in [3.63, 3.8) is 0 Å². The van der Waals surface area contributed by atoms with Gasteiger partial charge in [-0.3, -0.25) is 4.79 Å². The van der Waals surface area contributed by atoms with Crippen LogP contribution in [0.5, 0.6) is 11.5 Å². The van der Waals surface area contributed by atoms with Crippen LogP contribution < -0.4 is 14.8 Å². The predicted molar refractivity (Wildman–Crippen MR) is 107 cm³/mol. The molecule has 1 atom stereocenters. The van der Waals surface area contributed by atoms with Crippen LogP contribution in [0.3, 0.4) is 0 Å². The molecule has 2 aromatic rings. The number of halogens is 1. The monoisotopic (exact) mass is 385 g/mol. The summed E-state index contributed by atoms with van der Waals surface area (Å²) in [5.41, 5.74) is 1.06. The summed E-state index contributed by atoms with van der Waals surface area (Å²) in [6, 6.07) is 11.9. The molecule has 1 saturated carbocycles. The van der Waals surface area contributed by atoms with E-state index in [0.717, 1.165) is 30.4 Å². The number of carbonyl (C=O) groups excluding carboxylic acids is 1. The zero-order chi connectivity index (χ0) is 20.1. The van der Waals surface area contributed by atoms with Crippen molar-refractivity contribution in [1.82, 2.24) is 5.32 Å². The van der Waals surface area contributed by atoms with Crippen molar-refractivity contribution in [1.29, 1.82) is 0 Å². The first-order valence-electron chi connectivity index (χ1n) is 9.96. The molecule has 2 aromatic carbocycles. The van der Waals surface area contributed by atoms with Crippen LogP contribution in [-0.4, -0.2) is 19.1 Å². The Morgan fingerprint density at radius 3 is 2.43 bits per heavy atom. The Morgan fingerprint density at radius 2 is 1.82 bits per heavy atom. The van der Waals surface area contributed by atoms with Crippen molar-refractivity contribution < 1.29 is 18.7 Å². The van der Waals surface area contributed by atoms with E-state index in [4.69, 9.17) is 9.47 Å². The fraction of sp³-hybridized carbons (Fsp3) is 0.435. The van der Waals surface area contributed by atoms with Gasteiger partial charge in [0.05, 0.1) is 24.7 Å². The van der Waals surface area contributed by atoms with Gasteiger partial charge in [-0.15, -0.1) is 0 Å². The van der Waals surface area contributed by atoms with Crippen LogP contribution in [0.15, 0.2) is 42.5 Å². The Balaban J connectivity index is 1.79. The molecule has 0 saturated heterocycles. The Hall–Kier alpha value is -2.56. The highest BCUT2D eigenvalue weighted by Crippen LogP contribution is 2.44. The number of rotatable bonds is 8. The summed E-state index contributed by atoms with van der Waals surface area (Å²) in [7, 11) is 0. The molecule has 1 fully saturated rings. The fourth-order valence-corrected chi connectivity index (χ4v) is 3.72. The van der Waals surface area contributed by atoms with Crippen LogP contribution in [0.25, 0.3) is 0 Å². The van der Waals surface area contributed by atoms with Crippen LogP contribution in [0, 0.1) is 5.82 Å². The lowest BCUT2D eigenvalue weighted by molar-refractivity contribution is -0.130. The maximum atomic E-state index is 13.7. The molecule has 28 heavy (non-hydrogen) atoms. The quantitative estimate of drug-likeness (QED) is 0.701. The lowest BCUT2D eigenvalue weighted by Gasteiger charge is -2.41. The summed E-state index contributed by atoms with van der Waals surface area (Å²) in [5.74, 6) is 1.01. The van der Waals surface area contributed by atoms with Crippen LogP contribution in [-0.2, 0) is 10.2 Å². The molecular formula is C23H28FNO3. The Bertz CT molecular complexity index is 832. The normalized spacial score (nSPS) is 16.0. The van der Waals surface area contributed by atoms with Crippen LogP contribution in [0.2, 0.25) is 0 Å². The van der Waals surface area contributed by atoms with Gasteiger partial charge in [-0.2, -0.15) is 0 Å². The zero-order valence-electron chi connectivity index (χ0n) is 16.8. The van der Waals surface area contributed by atoms with E-state index in [1.54, 1.807) is 6.07 Å². The topological polar surface area (TPSA) is 47.6 Å². The highest BCUT2D eigenvalue weighted by molar-refractivity contribution is 5.89. The molecule has 0 aliphatic heterocycles. The Labute approximate surface area is 166 Å². The predicted octanol–water partition coefficient (Wildman–Crippen LogP) is 4.92. The summed E-state index contributed by atoms with van der Waals surface area (Å²) in [4.78, 5) is 13.1. The first-order chi connectivity index (χ1) is 13.5. The van der Waals surface area contributed by atoms with Gasteiger partial charge >= 0.3 is 0 Å². The summed E-state index contributed by atoms with van der Waals surface area (Å²) in [6.45, 7) is 6.89. The summed E-state index contributed by atoms with van der Waals surface area (Å²) in [6.07, 6.45) is 2.45. The molecule has 1 unspecified atom stereocenters. The molecule has 0 bridgehead atoms. The van der Waals surface area contributed by atoms with Gasteiger partial charge in [0.2, 0.25) is 5.91 Å². The average molecular weight is 385 g/mol. The summed E-state index contributed by atoms with van der Waals surface area (Å²) >= 11 is 0. The molecule has 1 aliphatic carbocycles. The number of nitrogens with one attached hydrogen (secondary N) is 1. The first-order valence-corrected chi connectivity index (χ1v) is 9.96. The van der Waals surface area contributed by atoms with E-state index in [1.807, 2.05) is 45.0 Å². The van der Waals surface area contributed by atoms with Gasteiger partial charge in [-0.05, 0) is 69.0 Å². The average Bonchev–Trinajstić information content (AvgIpc) is 2.62. The van der Waals surface area contributed by atoms with Crippen molar-refractivity contribution in [2.24, 2.45) is 0 Å². The lowest BCUT2D eigenvalue weighted by atomic mass is 9.63. The minimum atomic E-state index is -0.635. The van der Waals surface area contributed by atoms with E-state index in [9.17, 15) is 9.18 Å². The van der Waals surface area contributed by atoms with E-state index in [2.05, 4.69) is 5.32 Å². The molecule has 3 rings (SSSR count). The minimum Gasteiger partial charge on any atom is -0.490 e. The van der Waals surface area contributed by atoms with Crippen molar-refractivity contribution >= 4 is 5.91 Å². The molecule has 5 heteroatoms. The van der Waals surface area contributed by atoms with E-state index in [-0.39, 0.29) is 17.8 Å². The van der Waals surface area contributed by atoms with Gasteiger partial charge in [-0.1, -0.05) is 24.6 Å². The number of benzene rings is 2. The second-order valence-electron chi connectivity index (χ2n) is 7.21. The van der Waals surface area contributed by atoms with E-state index in [0.29, 0.717) is 24.7 Å². The molecule has 1 N–H and O–H groups in total. The standard InChI is InChI=1S/C23H28FNO3/c1-4-27-20-11-10-17(14-21(20)28-5-2)16(3)25-22(26)23(12-7-13-23)18-8-6-9-19(24)15-18/h6,8-11,14-16H,4-5,7,12-13H2,1-3H3,(H,25,26). The largest absolute Gasteiger partial charge is 0.490 e. The molecule has 0 spiro atoms. The number of hydrogen-bond acceptors (Lipinski definition) is 3. The maximum absolute atomic E-state index is 13.7. The third-order valence-electron chi connectivity index (χ3n) is 5.43. The van der Waals surface area contributed by atoms with E-state index < -0.39 is 5.41 Å². The minimum absolute atomic E-state index is 0.0521. The van der Waals surface area contributed by atoms with Gasteiger partial charge in [0.15, 0.2) is 11.5 Å². The van der Waals surface area contributed by atoms with Crippen LogP contribution >= 0.6 is 0 Å². The molecule has 150 valence electrons. The zero-order valence-corrected chi connectivity index (χ0v) is 16.8. The van der Waals surface area contributed by atoms with E-state index in [1.165, 1.54) is 12.1 Å². The van der Waals surface area contributed by atoms with Crippen molar-refractivity contribution in [3.8, 4) is 11.5 Å². The molecule has 0 radical (unpaired) electrons. The van der Waals surface area contributed by atoms with Crippen LogP contribution in [0.4, 0.5) is 4.39 Å².